The summed E-state index contributed by atoms with van der Waals surface area (Å²) in [5.41, 5.74) is 1.01. The minimum Gasteiger partial charge on any atom is -0.293 e. The Hall–Kier alpha value is -0.120. The van der Waals surface area contributed by atoms with E-state index in [9.17, 15) is 0 Å². The first-order valence-corrected chi connectivity index (χ1v) is 7.75. The summed E-state index contributed by atoms with van der Waals surface area (Å²) < 4.78 is 0. The Morgan fingerprint density at radius 2 is 2.24 bits per heavy atom. The Labute approximate surface area is 113 Å². The highest BCUT2D eigenvalue weighted by Gasteiger charge is 2.29. The number of aromatic nitrogens is 1. The second kappa shape index (κ2) is 5.68. The topological polar surface area (TPSA) is 16.1 Å². The van der Waals surface area contributed by atoms with Crippen LogP contribution in [-0.2, 0) is 12.4 Å². The first kappa shape index (κ1) is 13.3. The van der Waals surface area contributed by atoms with Crippen molar-refractivity contribution in [3.05, 3.63) is 16.1 Å². The van der Waals surface area contributed by atoms with Gasteiger partial charge in [-0.05, 0) is 25.2 Å². The molecule has 3 atom stereocenters. The van der Waals surface area contributed by atoms with Crippen LogP contribution < -0.4 is 0 Å². The maximum absolute atomic E-state index is 5.79. The number of halogens is 1. The Balaban J connectivity index is 2.01. The summed E-state index contributed by atoms with van der Waals surface area (Å²) in [4.78, 5) is 7.12. The van der Waals surface area contributed by atoms with Crippen LogP contribution in [0.1, 0.15) is 37.9 Å². The van der Waals surface area contributed by atoms with Gasteiger partial charge in [-0.15, -0.1) is 22.9 Å². The van der Waals surface area contributed by atoms with Crippen molar-refractivity contribution in [1.29, 1.82) is 0 Å². The lowest BCUT2D eigenvalue weighted by Crippen LogP contribution is -2.45. The number of rotatable bonds is 3. The van der Waals surface area contributed by atoms with Crippen molar-refractivity contribution in [1.82, 2.24) is 9.88 Å². The molecule has 1 fully saturated rings. The van der Waals surface area contributed by atoms with Crippen LogP contribution in [0.25, 0.3) is 0 Å². The number of likely N-dealkylation sites (tertiary alicyclic amines) is 1. The van der Waals surface area contributed by atoms with Crippen molar-refractivity contribution in [2.45, 2.75) is 45.7 Å². The van der Waals surface area contributed by atoms with Crippen molar-refractivity contribution in [3.63, 3.8) is 0 Å². The molecule has 1 aromatic rings. The van der Waals surface area contributed by atoms with E-state index in [1.807, 2.05) is 0 Å². The van der Waals surface area contributed by atoms with Gasteiger partial charge in [-0.1, -0.05) is 13.8 Å². The maximum Gasteiger partial charge on any atom is 0.107 e. The van der Waals surface area contributed by atoms with E-state index < -0.39 is 0 Å². The van der Waals surface area contributed by atoms with E-state index in [1.54, 1.807) is 11.3 Å². The molecule has 0 saturated carbocycles. The summed E-state index contributed by atoms with van der Waals surface area (Å²) in [6.07, 6.45) is 1.35. The van der Waals surface area contributed by atoms with Gasteiger partial charge in [0.1, 0.15) is 5.01 Å². The van der Waals surface area contributed by atoms with Gasteiger partial charge in [0.15, 0.2) is 0 Å². The molecule has 1 aliphatic heterocycles. The Morgan fingerprint density at radius 3 is 2.88 bits per heavy atom. The molecular weight excluding hydrogens is 252 g/mol. The maximum atomic E-state index is 5.79. The van der Waals surface area contributed by atoms with Gasteiger partial charge in [0, 0.05) is 18.0 Å². The average Bonchev–Trinajstić information content (AvgIpc) is 2.73. The molecule has 3 unspecified atom stereocenters. The van der Waals surface area contributed by atoms with Gasteiger partial charge in [-0.2, -0.15) is 0 Å². The predicted octanol–water partition coefficient (Wildman–Crippen LogP) is 3.75. The number of nitrogens with zero attached hydrogens (tertiary/aromatic N) is 2. The standard InChI is InChI=1S/C13H21ClN2S/c1-9-4-10(2)11(3)16(6-9)7-13-15-12(5-14)8-17-13/h8-11H,4-7H2,1-3H3. The minimum atomic E-state index is 0.527. The Morgan fingerprint density at radius 1 is 1.47 bits per heavy atom. The molecule has 0 bridgehead atoms. The molecule has 0 radical (unpaired) electrons. The molecule has 1 aromatic heterocycles. The lowest BCUT2D eigenvalue weighted by molar-refractivity contribution is 0.0728. The first-order valence-electron chi connectivity index (χ1n) is 6.33. The molecule has 2 nitrogen and oxygen atoms in total. The third kappa shape index (κ3) is 3.21. The van der Waals surface area contributed by atoms with E-state index >= 15 is 0 Å². The van der Waals surface area contributed by atoms with E-state index in [0.29, 0.717) is 11.9 Å². The molecule has 2 rings (SSSR count). The first-order chi connectivity index (χ1) is 8.10. The highest BCUT2D eigenvalue weighted by Crippen LogP contribution is 2.28. The molecule has 1 saturated heterocycles. The van der Waals surface area contributed by atoms with Crippen LogP contribution >= 0.6 is 22.9 Å². The van der Waals surface area contributed by atoms with Crippen LogP contribution in [0.4, 0.5) is 0 Å². The zero-order chi connectivity index (χ0) is 12.4. The van der Waals surface area contributed by atoms with Crippen molar-refractivity contribution in [2.75, 3.05) is 6.54 Å². The normalized spacial score (nSPS) is 30.7. The van der Waals surface area contributed by atoms with Crippen molar-refractivity contribution in [3.8, 4) is 0 Å². The van der Waals surface area contributed by atoms with E-state index in [1.165, 1.54) is 18.0 Å². The zero-order valence-corrected chi connectivity index (χ0v) is 12.4. The molecule has 4 heteroatoms. The van der Waals surface area contributed by atoms with Gasteiger partial charge in [-0.25, -0.2) is 4.98 Å². The molecule has 96 valence electrons. The summed E-state index contributed by atoms with van der Waals surface area (Å²) in [5, 5.41) is 3.28. The molecule has 17 heavy (non-hydrogen) atoms. The molecule has 0 N–H and O–H groups in total. The largest absolute Gasteiger partial charge is 0.293 e. The van der Waals surface area contributed by atoms with Crippen LogP contribution in [0.2, 0.25) is 0 Å². The Kier molecular flexibility index (Phi) is 4.45. The molecule has 0 spiro atoms. The highest BCUT2D eigenvalue weighted by molar-refractivity contribution is 7.09. The van der Waals surface area contributed by atoms with E-state index in [-0.39, 0.29) is 0 Å². The summed E-state index contributed by atoms with van der Waals surface area (Å²) in [7, 11) is 0. The third-order valence-corrected chi connectivity index (χ3v) is 4.95. The van der Waals surface area contributed by atoms with Crippen molar-refractivity contribution in [2.24, 2.45) is 11.8 Å². The van der Waals surface area contributed by atoms with Gasteiger partial charge in [0.25, 0.3) is 0 Å². The third-order valence-electron chi connectivity index (χ3n) is 3.79. The quantitative estimate of drug-likeness (QED) is 0.779. The smallest absolute Gasteiger partial charge is 0.107 e. The average molecular weight is 273 g/mol. The molecule has 0 aromatic carbocycles. The lowest BCUT2D eigenvalue weighted by atomic mass is 9.86. The van der Waals surface area contributed by atoms with Gasteiger partial charge >= 0.3 is 0 Å². The zero-order valence-electron chi connectivity index (χ0n) is 10.8. The second-order valence-electron chi connectivity index (χ2n) is 5.35. The fraction of sp³-hybridized carbons (Fsp3) is 0.769. The summed E-state index contributed by atoms with van der Waals surface area (Å²) in [6.45, 7) is 9.23. The van der Waals surface area contributed by atoms with Crippen molar-refractivity contribution < 1.29 is 0 Å². The van der Waals surface area contributed by atoms with E-state index in [2.05, 4.69) is 36.0 Å². The summed E-state index contributed by atoms with van der Waals surface area (Å²) >= 11 is 7.52. The van der Waals surface area contributed by atoms with Gasteiger partial charge < -0.3 is 0 Å². The molecule has 1 aliphatic rings. The SMILES string of the molecule is CC1CC(C)C(C)N(Cc2nc(CCl)cs2)C1. The Bertz CT molecular complexity index is 366. The number of piperidine rings is 1. The lowest BCUT2D eigenvalue weighted by Gasteiger charge is -2.40. The fourth-order valence-corrected chi connectivity index (χ4v) is 3.74. The number of hydrogen-bond acceptors (Lipinski definition) is 3. The van der Waals surface area contributed by atoms with Crippen LogP contribution in [0.3, 0.4) is 0 Å². The van der Waals surface area contributed by atoms with Crippen molar-refractivity contribution >= 4 is 22.9 Å². The molecular formula is C13H21ClN2S. The fourth-order valence-electron chi connectivity index (χ4n) is 2.70. The van der Waals surface area contributed by atoms with Crippen LogP contribution in [0.5, 0.6) is 0 Å². The summed E-state index contributed by atoms with van der Waals surface area (Å²) in [5.74, 6) is 2.11. The van der Waals surface area contributed by atoms with Crippen LogP contribution in [0, 0.1) is 11.8 Å². The number of hydrogen-bond donors (Lipinski definition) is 0. The molecule has 2 heterocycles. The van der Waals surface area contributed by atoms with Crippen LogP contribution in [-0.4, -0.2) is 22.5 Å². The van der Waals surface area contributed by atoms with Gasteiger partial charge in [-0.3, -0.25) is 4.90 Å². The van der Waals surface area contributed by atoms with Crippen LogP contribution in [0.15, 0.2) is 5.38 Å². The predicted molar refractivity (Wildman–Crippen MR) is 74.5 cm³/mol. The van der Waals surface area contributed by atoms with Gasteiger partial charge in [0.05, 0.1) is 18.1 Å². The van der Waals surface area contributed by atoms with E-state index in [0.717, 1.165) is 24.1 Å². The second-order valence-corrected chi connectivity index (χ2v) is 6.56. The monoisotopic (exact) mass is 272 g/mol. The molecule has 0 amide bonds. The highest BCUT2D eigenvalue weighted by atomic mass is 35.5. The molecule has 0 aliphatic carbocycles. The minimum absolute atomic E-state index is 0.527. The van der Waals surface area contributed by atoms with Gasteiger partial charge in [0.2, 0.25) is 0 Å². The number of thiazole rings is 1. The number of alkyl halides is 1. The van der Waals surface area contributed by atoms with E-state index in [4.69, 9.17) is 11.6 Å². The summed E-state index contributed by atoms with van der Waals surface area (Å²) in [6, 6.07) is 0.662.